The molecular formula is C15H19F3N2O2. The van der Waals surface area contributed by atoms with E-state index >= 15 is 0 Å². The quantitative estimate of drug-likeness (QED) is 0.928. The van der Waals surface area contributed by atoms with E-state index in [1.54, 1.807) is 13.1 Å². The first kappa shape index (κ1) is 16.6. The van der Waals surface area contributed by atoms with Crippen LogP contribution in [0.15, 0.2) is 24.3 Å². The molecule has 122 valence electrons. The maximum absolute atomic E-state index is 12.5. The summed E-state index contributed by atoms with van der Waals surface area (Å²) in [5, 5.41) is 3.13. The van der Waals surface area contributed by atoms with Crippen molar-refractivity contribution >= 4 is 5.91 Å². The van der Waals surface area contributed by atoms with Crippen molar-refractivity contribution in [1.29, 1.82) is 0 Å². The van der Waals surface area contributed by atoms with Crippen molar-refractivity contribution in [2.75, 3.05) is 20.1 Å². The van der Waals surface area contributed by atoms with Crippen molar-refractivity contribution in [3.8, 4) is 5.75 Å². The maximum Gasteiger partial charge on any atom is 0.573 e. The summed E-state index contributed by atoms with van der Waals surface area (Å²) in [6.45, 7) is 3.28. The second-order valence-corrected chi connectivity index (χ2v) is 5.80. The molecule has 2 rings (SSSR count). The molecule has 1 amide bonds. The molecule has 1 N–H and O–H groups in total. The highest BCUT2D eigenvalue weighted by Gasteiger charge is 2.38. The molecule has 0 spiro atoms. The van der Waals surface area contributed by atoms with Gasteiger partial charge >= 0.3 is 6.36 Å². The Morgan fingerprint density at radius 2 is 2.09 bits per heavy atom. The molecule has 0 aliphatic carbocycles. The summed E-state index contributed by atoms with van der Waals surface area (Å²) in [6, 6.07) is 5.87. The first-order valence-corrected chi connectivity index (χ1v) is 7.01. The van der Waals surface area contributed by atoms with E-state index in [4.69, 9.17) is 0 Å². The molecule has 0 radical (unpaired) electrons. The molecule has 1 aromatic rings. The van der Waals surface area contributed by atoms with Crippen molar-refractivity contribution in [2.45, 2.75) is 26.3 Å². The molecule has 1 aromatic carbocycles. The number of nitrogens with one attached hydrogen (secondary N) is 1. The van der Waals surface area contributed by atoms with Gasteiger partial charge in [-0.3, -0.25) is 4.79 Å². The van der Waals surface area contributed by atoms with E-state index in [2.05, 4.69) is 10.1 Å². The van der Waals surface area contributed by atoms with Crippen molar-refractivity contribution in [3.63, 3.8) is 0 Å². The molecule has 1 fully saturated rings. The average molecular weight is 316 g/mol. The normalized spacial score (nSPS) is 21.7. The molecule has 0 aromatic heterocycles. The van der Waals surface area contributed by atoms with E-state index in [0.717, 1.165) is 13.0 Å². The third kappa shape index (κ3) is 3.91. The highest BCUT2D eigenvalue weighted by Crippen LogP contribution is 2.30. The largest absolute Gasteiger partial charge is 0.573 e. The summed E-state index contributed by atoms with van der Waals surface area (Å²) in [6.07, 6.45) is -4.03. The Kier molecular flexibility index (Phi) is 4.65. The summed E-state index contributed by atoms with van der Waals surface area (Å²) in [5.41, 5.74) is -0.181. The number of halogens is 3. The van der Waals surface area contributed by atoms with Crippen LogP contribution >= 0.6 is 0 Å². The zero-order chi connectivity index (χ0) is 16.4. The summed E-state index contributed by atoms with van der Waals surface area (Å²) < 4.78 is 41.3. The van der Waals surface area contributed by atoms with Crippen LogP contribution in [0.2, 0.25) is 0 Å². The lowest BCUT2D eigenvalue weighted by Gasteiger charge is -2.28. The summed E-state index contributed by atoms with van der Waals surface area (Å²) in [5.74, 6) is -0.358. The van der Waals surface area contributed by atoms with Gasteiger partial charge in [-0.05, 0) is 26.0 Å². The number of alkyl halides is 3. The van der Waals surface area contributed by atoms with Crippen LogP contribution in [-0.4, -0.2) is 37.3 Å². The molecule has 1 aliphatic rings. The van der Waals surface area contributed by atoms with Gasteiger partial charge in [0.1, 0.15) is 5.75 Å². The Hall–Kier alpha value is -1.76. The van der Waals surface area contributed by atoms with Gasteiger partial charge < -0.3 is 15.0 Å². The van der Waals surface area contributed by atoms with Crippen LogP contribution in [0.5, 0.6) is 5.75 Å². The Balaban J connectivity index is 2.11. The minimum Gasteiger partial charge on any atom is -0.405 e. The standard InChI is InChI=1S/C15H19F3N2O2/c1-14(7-8-19-10-14)13(21)20(2)9-11-5-3-4-6-12(11)22-15(16,17)18/h3-6,19H,7-10H2,1-2H3/t14-/m0/s1. The second kappa shape index (κ2) is 6.16. The summed E-state index contributed by atoms with van der Waals surface area (Å²) in [4.78, 5) is 13.9. The predicted molar refractivity (Wildman–Crippen MR) is 75.2 cm³/mol. The van der Waals surface area contributed by atoms with Crippen LogP contribution in [0.3, 0.4) is 0 Å². The van der Waals surface area contributed by atoms with Crippen molar-refractivity contribution < 1.29 is 22.7 Å². The monoisotopic (exact) mass is 316 g/mol. The van der Waals surface area contributed by atoms with Gasteiger partial charge in [-0.15, -0.1) is 13.2 Å². The number of para-hydroxylation sites is 1. The minimum absolute atomic E-state index is 0.0701. The van der Waals surface area contributed by atoms with E-state index in [9.17, 15) is 18.0 Å². The summed E-state index contributed by atoms with van der Waals surface area (Å²) in [7, 11) is 1.59. The van der Waals surface area contributed by atoms with Gasteiger partial charge in [-0.2, -0.15) is 0 Å². The zero-order valence-corrected chi connectivity index (χ0v) is 12.5. The Bertz CT molecular complexity index is 540. The Labute approximate surface area is 127 Å². The van der Waals surface area contributed by atoms with Crippen LogP contribution < -0.4 is 10.1 Å². The number of rotatable bonds is 4. The van der Waals surface area contributed by atoms with Crippen molar-refractivity contribution in [2.24, 2.45) is 5.41 Å². The number of carbonyl (C=O) groups excluding carboxylic acids is 1. The number of hydrogen-bond donors (Lipinski definition) is 1. The molecular weight excluding hydrogens is 297 g/mol. The van der Waals surface area contributed by atoms with Crippen LogP contribution in [0.1, 0.15) is 18.9 Å². The van der Waals surface area contributed by atoms with E-state index in [1.165, 1.54) is 23.1 Å². The zero-order valence-electron chi connectivity index (χ0n) is 12.5. The molecule has 7 heteroatoms. The minimum atomic E-state index is -4.75. The highest BCUT2D eigenvalue weighted by molar-refractivity contribution is 5.82. The summed E-state index contributed by atoms with van der Waals surface area (Å²) >= 11 is 0. The molecule has 4 nitrogen and oxygen atoms in total. The number of carbonyl (C=O) groups is 1. The van der Waals surface area contributed by atoms with E-state index in [0.29, 0.717) is 12.1 Å². The molecule has 1 atom stereocenters. The number of ether oxygens (including phenoxy) is 1. The molecule has 1 aliphatic heterocycles. The SMILES string of the molecule is CN(Cc1ccccc1OC(F)(F)F)C(=O)[C@@]1(C)CCNC1. The molecule has 1 saturated heterocycles. The van der Waals surface area contributed by atoms with Gasteiger partial charge in [0.25, 0.3) is 0 Å². The van der Waals surface area contributed by atoms with Gasteiger partial charge in [0, 0.05) is 25.7 Å². The maximum atomic E-state index is 12.5. The van der Waals surface area contributed by atoms with Gasteiger partial charge in [0.15, 0.2) is 0 Å². The first-order chi connectivity index (χ1) is 10.2. The van der Waals surface area contributed by atoms with Gasteiger partial charge in [0.2, 0.25) is 5.91 Å². The van der Waals surface area contributed by atoms with Crippen LogP contribution in [0.25, 0.3) is 0 Å². The van der Waals surface area contributed by atoms with Gasteiger partial charge in [-0.1, -0.05) is 18.2 Å². The fraction of sp³-hybridized carbons (Fsp3) is 0.533. The van der Waals surface area contributed by atoms with Crippen molar-refractivity contribution in [3.05, 3.63) is 29.8 Å². The predicted octanol–water partition coefficient (Wildman–Crippen LogP) is 2.54. The van der Waals surface area contributed by atoms with Crippen LogP contribution in [0.4, 0.5) is 13.2 Å². The lowest BCUT2D eigenvalue weighted by Crippen LogP contribution is -2.41. The Morgan fingerprint density at radius 3 is 2.68 bits per heavy atom. The third-order valence-electron chi connectivity index (χ3n) is 3.84. The van der Waals surface area contributed by atoms with E-state index in [1.807, 2.05) is 6.92 Å². The topological polar surface area (TPSA) is 41.6 Å². The molecule has 1 heterocycles. The van der Waals surface area contributed by atoms with Crippen LogP contribution in [0, 0.1) is 5.41 Å². The molecule has 0 bridgehead atoms. The third-order valence-corrected chi connectivity index (χ3v) is 3.84. The van der Waals surface area contributed by atoms with Gasteiger partial charge in [0.05, 0.1) is 5.41 Å². The Morgan fingerprint density at radius 1 is 1.41 bits per heavy atom. The average Bonchev–Trinajstić information content (AvgIpc) is 2.86. The lowest BCUT2D eigenvalue weighted by atomic mass is 9.88. The fourth-order valence-corrected chi connectivity index (χ4v) is 2.65. The first-order valence-electron chi connectivity index (χ1n) is 7.01. The number of benzene rings is 1. The number of amides is 1. The molecule has 0 saturated carbocycles. The van der Waals surface area contributed by atoms with Gasteiger partial charge in [-0.25, -0.2) is 0 Å². The lowest BCUT2D eigenvalue weighted by molar-refractivity contribution is -0.275. The highest BCUT2D eigenvalue weighted by atomic mass is 19.4. The fourth-order valence-electron chi connectivity index (χ4n) is 2.65. The number of hydrogen-bond acceptors (Lipinski definition) is 3. The van der Waals surface area contributed by atoms with E-state index in [-0.39, 0.29) is 18.2 Å². The molecule has 22 heavy (non-hydrogen) atoms. The van der Waals surface area contributed by atoms with Crippen LogP contribution in [-0.2, 0) is 11.3 Å². The second-order valence-electron chi connectivity index (χ2n) is 5.80. The van der Waals surface area contributed by atoms with E-state index < -0.39 is 11.8 Å². The molecule has 0 unspecified atom stereocenters. The van der Waals surface area contributed by atoms with Crippen molar-refractivity contribution in [1.82, 2.24) is 10.2 Å². The number of nitrogens with zero attached hydrogens (tertiary/aromatic N) is 1. The smallest absolute Gasteiger partial charge is 0.405 e.